The molecule has 2 amide bonds. The molecule has 1 aliphatic rings. The summed E-state index contributed by atoms with van der Waals surface area (Å²) < 4.78 is 11.8. The summed E-state index contributed by atoms with van der Waals surface area (Å²) in [5.41, 5.74) is 8.27. The highest BCUT2D eigenvalue weighted by molar-refractivity contribution is 6.36. The van der Waals surface area contributed by atoms with Crippen molar-refractivity contribution in [1.29, 1.82) is 0 Å². The molecule has 0 saturated carbocycles. The minimum absolute atomic E-state index is 0.363. The number of hydrogen-bond donors (Lipinski definition) is 1. The van der Waals surface area contributed by atoms with Crippen LogP contribution in [0.1, 0.15) is 70.0 Å². The number of nitrogens with one attached hydrogen (secondary N) is 1. The van der Waals surface area contributed by atoms with Crippen LogP contribution in [-0.2, 0) is 6.61 Å². The van der Waals surface area contributed by atoms with E-state index in [-0.39, 0.29) is 11.8 Å². The molecule has 0 fully saturated rings. The van der Waals surface area contributed by atoms with E-state index < -0.39 is 0 Å². The molecule has 0 spiro atoms. The Morgan fingerprint density at radius 1 is 0.745 bits per heavy atom. The van der Waals surface area contributed by atoms with Crippen LogP contribution in [-0.4, -0.2) is 24.6 Å². The number of ether oxygens (including phenoxy) is 2. The van der Waals surface area contributed by atoms with E-state index in [0.717, 1.165) is 46.4 Å². The van der Waals surface area contributed by atoms with Crippen molar-refractivity contribution in [2.24, 2.45) is 5.10 Å². The second-order valence-corrected chi connectivity index (χ2v) is 11.4. The first kappa shape index (κ1) is 31.3. The molecule has 1 aliphatic heterocycles. The Balaban J connectivity index is 1.12. The molecule has 0 aromatic heterocycles. The van der Waals surface area contributed by atoms with Crippen molar-refractivity contribution in [3.05, 3.63) is 138 Å². The molecule has 5 aromatic carbocycles. The standard InChI is InChI=1S/C40H37N3O4/c1-3-5-6-7-25-46-32-21-17-31(18-22-32)43-39(44)35-10-8-9-34-37(24-23-36(38(34)35)40(43)45)42-41-26-29-15-19-33(20-16-29)47-27-30-13-11-28(4-2)12-14-30/h4,8-24,26,42H,2-3,5-7,25,27H2,1H3/b41-26+. The van der Waals surface area contributed by atoms with E-state index in [2.05, 4.69) is 24.0 Å². The van der Waals surface area contributed by atoms with Gasteiger partial charge in [0, 0.05) is 21.9 Å². The predicted octanol–water partition coefficient (Wildman–Crippen LogP) is 9.27. The number of hydrogen-bond acceptors (Lipinski definition) is 6. The third-order valence-electron chi connectivity index (χ3n) is 8.17. The lowest BCUT2D eigenvalue weighted by Gasteiger charge is -2.27. The van der Waals surface area contributed by atoms with Gasteiger partial charge in [0.2, 0.25) is 0 Å². The zero-order valence-electron chi connectivity index (χ0n) is 26.4. The second-order valence-electron chi connectivity index (χ2n) is 11.4. The average Bonchev–Trinajstić information content (AvgIpc) is 3.11. The number of rotatable bonds is 14. The van der Waals surface area contributed by atoms with Crippen LogP contribution >= 0.6 is 0 Å². The fraction of sp³-hybridized carbons (Fsp3) is 0.175. The van der Waals surface area contributed by atoms with Crippen LogP contribution in [0.3, 0.4) is 0 Å². The van der Waals surface area contributed by atoms with Crippen molar-refractivity contribution in [2.75, 3.05) is 16.9 Å². The zero-order chi connectivity index (χ0) is 32.6. The molecule has 1 heterocycles. The number of carbonyl (C=O) groups is 2. The van der Waals surface area contributed by atoms with E-state index in [4.69, 9.17) is 9.47 Å². The maximum atomic E-state index is 13.7. The van der Waals surface area contributed by atoms with Gasteiger partial charge in [-0.05, 0) is 89.8 Å². The van der Waals surface area contributed by atoms with Crippen LogP contribution in [0.15, 0.2) is 115 Å². The van der Waals surface area contributed by atoms with Crippen LogP contribution in [0, 0.1) is 0 Å². The maximum Gasteiger partial charge on any atom is 0.265 e. The maximum absolute atomic E-state index is 13.7. The van der Waals surface area contributed by atoms with E-state index in [0.29, 0.717) is 41.1 Å². The van der Waals surface area contributed by atoms with Crippen molar-refractivity contribution in [2.45, 2.75) is 39.2 Å². The largest absolute Gasteiger partial charge is 0.494 e. The Hall–Kier alpha value is -5.69. The molecule has 7 heteroatoms. The Kier molecular flexibility index (Phi) is 9.73. The lowest BCUT2D eigenvalue weighted by molar-refractivity contribution is 0.0893. The Morgan fingerprint density at radius 2 is 1.43 bits per heavy atom. The van der Waals surface area contributed by atoms with Crippen LogP contribution in [0.2, 0.25) is 0 Å². The minimum atomic E-state index is -0.363. The molecule has 47 heavy (non-hydrogen) atoms. The first-order valence-corrected chi connectivity index (χ1v) is 16.0. The van der Waals surface area contributed by atoms with Gasteiger partial charge < -0.3 is 9.47 Å². The smallest absolute Gasteiger partial charge is 0.265 e. The van der Waals surface area contributed by atoms with E-state index in [9.17, 15) is 9.59 Å². The normalized spacial score (nSPS) is 12.5. The molecule has 236 valence electrons. The number of amides is 2. The number of benzene rings is 5. The van der Waals surface area contributed by atoms with Crippen molar-refractivity contribution < 1.29 is 19.1 Å². The highest BCUT2D eigenvalue weighted by atomic mass is 16.5. The van der Waals surface area contributed by atoms with Gasteiger partial charge >= 0.3 is 0 Å². The van der Waals surface area contributed by atoms with E-state index in [1.807, 2.05) is 72.8 Å². The number of imide groups is 1. The molecule has 6 rings (SSSR count). The van der Waals surface area contributed by atoms with Crippen LogP contribution in [0.25, 0.3) is 16.8 Å². The Bertz CT molecular complexity index is 1890. The molecule has 5 aromatic rings. The third-order valence-corrected chi connectivity index (χ3v) is 8.17. The molecule has 0 atom stereocenters. The van der Waals surface area contributed by atoms with Crippen molar-refractivity contribution >= 4 is 46.3 Å². The summed E-state index contributed by atoms with van der Waals surface area (Å²) in [7, 11) is 0. The highest BCUT2D eigenvalue weighted by Crippen LogP contribution is 2.36. The molecule has 0 bridgehead atoms. The lowest BCUT2D eigenvalue weighted by atomic mass is 9.93. The number of unbranched alkanes of at least 4 members (excludes halogenated alkanes) is 3. The van der Waals surface area contributed by atoms with Gasteiger partial charge in [-0.15, -0.1) is 0 Å². The minimum Gasteiger partial charge on any atom is -0.494 e. The van der Waals surface area contributed by atoms with Crippen molar-refractivity contribution in [3.63, 3.8) is 0 Å². The second kappa shape index (κ2) is 14.6. The SMILES string of the molecule is C=Cc1ccc(COc2ccc(/C=N/Nc3ccc4c5c(cccc35)C(=O)N(c3ccc(OCCCCCC)cc3)C4=O)cc2)cc1. The van der Waals surface area contributed by atoms with Gasteiger partial charge in [-0.3, -0.25) is 15.0 Å². The number of nitrogens with zero attached hydrogens (tertiary/aromatic N) is 2. The monoisotopic (exact) mass is 623 g/mol. The van der Waals surface area contributed by atoms with E-state index >= 15 is 0 Å². The molecular formula is C40H37N3O4. The van der Waals surface area contributed by atoms with Gasteiger partial charge in [0.1, 0.15) is 18.1 Å². The molecule has 1 N–H and O–H groups in total. The molecule has 0 saturated heterocycles. The van der Waals surface area contributed by atoms with Gasteiger partial charge in [-0.1, -0.05) is 75.2 Å². The average molecular weight is 624 g/mol. The van der Waals surface area contributed by atoms with E-state index in [1.165, 1.54) is 17.7 Å². The number of anilines is 2. The summed E-state index contributed by atoms with van der Waals surface area (Å²) in [4.78, 5) is 28.6. The zero-order valence-corrected chi connectivity index (χ0v) is 26.4. The van der Waals surface area contributed by atoms with E-state index in [1.54, 1.807) is 42.6 Å². The van der Waals surface area contributed by atoms with Crippen LogP contribution in [0.4, 0.5) is 11.4 Å². The van der Waals surface area contributed by atoms with Gasteiger partial charge in [0.05, 0.1) is 24.2 Å². The molecular weight excluding hydrogens is 586 g/mol. The van der Waals surface area contributed by atoms with Crippen LogP contribution < -0.4 is 19.8 Å². The van der Waals surface area contributed by atoms with Crippen molar-refractivity contribution in [1.82, 2.24) is 0 Å². The van der Waals surface area contributed by atoms with Gasteiger partial charge in [0.15, 0.2) is 0 Å². The summed E-state index contributed by atoms with van der Waals surface area (Å²) in [6.45, 7) is 7.08. The quantitative estimate of drug-likeness (QED) is 0.0577. The summed E-state index contributed by atoms with van der Waals surface area (Å²) in [6, 6.07) is 31.9. The third kappa shape index (κ3) is 7.10. The number of hydrazone groups is 1. The van der Waals surface area contributed by atoms with Gasteiger partial charge in [-0.25, -0.2) is 4.90 Å². The fourth-order valence-electron chi connectivity index (χ4n) is 5.58. The predicted molar refractivity (Wildman–Crippen MR) is 190 cm³/mol. The van der Waals surface area contributed by atoms with Crippen LogP contribution in [0.5, 0.6) is 11.5 Å². The Morgan fingerprint density at radius 3 is 2.15 bits per heavy atom. The van der Waals surface area contributed by atoms with Gasteiger partial charge in [-0.2, -0.15) is 5.10 Å². The first-order valence-electron chi connectivity index (χ1n) is 16.0. The summed E-state index contributed by atoms with van der Waals surface area (Å²) in [5.74, 6) is 0.754. The topological polar surface area (TPSA) is 80.2 Å². The van der Waals surface area contributed by atoms with Crippen molar-refractivity contribution in [3.8, 4) is 11.5 Å². The van der Waals surface area contributed by atoms with Gasteiger partial charge in [0.25, 0.3) is 11.8 Å². The molecule has 0 unspecified atom stereocenters. The summed E-state index contributed by atoms with van der Waals surface area (Å²) >= 11 is 0. The fourth-order valence-corrected chi connectivity index (χ4v) is 5.58. The first-order chi connectivity index (χ1) is 23.1. The summed E-state index contributed by atoms with van der Waals surface area (Å²) in [5, 5.41) is 5.80. The molecule has 7 nitrogen and oxygen atoms in total. The molecule has 0 radical (unpaired) electrons. The highest BCUT2D eigenvalue weighted by Gasteiger charge is 2.34. The number of carbonyl (C=O) groups excluding carboxylic acids is 2. The molecule has 0 aliphatic carbocycles. The summed E-state index contributed by atoms with van der Waals surface area (Å²) in [6.07, 6.45) is 8.03. The lowest BCUT2D eigenvalue weighted by Crippen LogP contribution is -2.40. The Labute approximate surface area is 275 Å².